The van der Waals surface area contributed by atoms with Crippen LogP contribution in [-0.4, -0.2) is 24.2 Å². The van der Waals surface area contributed by atoms with Crippen molar-refractivity contribution in [2.45, 2.75) is 17.9 Å². The molecule has 4 nitrogen and oxygen atoms in total. The third-order valence-corrected chi connectivity index (χ3v) is 5.10. The Morgan fingerprint density at radius 1 is 1.12 bits per heavy atom. The van der Waals surface area contributed by atoms with Crippen molar-refractivity contribution in [3.63, 3.8) is 0 Å². The minimum absolute atomic E-state index is 0.0667. The predicted molar refractivity (Wildman–Crippen MR) is 101 cm³/mol. The van der Waals surface area contributed by atoms with Gasteiger partial charge in [0.2, 0.25) is 5.91 Å². The lowest BCUT2D eigenvalue weighted by Crippen LogP contribution is -2.22. The van der Waals surface area contributed by atoms with Crippen LogP contribution in [0.2, 0.25) is 0 Å². The van der Waals surface area contributed by atoms with Gasteiger partial charge in [0.05, 0.1) is 17.9 Å². The van der Waals surface area contributed by atoms with Crippen LogP contribution in [0.4, 0.5) is 5.69 Å². The minimum Gasteiger partial charge on any atom is -0.465 e. The molecule has 126 valence electrons. The van der Waals surface area contributed by atoms with Crippen molar-refractivity contribution in [2.24, 2.45) is 0 Å². The number of halogens is 1. The van der Waals surface area contributed by atoms with Gasteiger partial charge in [0, 0.05) is 15.9 Å². The largest absolute Gasteiger partial charge is 0.465 e. The topological polar surface area (TPSA) is 55.4 Å². The molecule has 0 saturated carbocycles. The Balaban J connectivity index is 1.86. The van der Waals surface area contributed by atoms with Gasteiger partial charge in [-0.25, -0.2) is 4.79 Å². The van der Waals surface area contributed by atoms with Crippen molar-refractivity contribution in [1.29, 1.82) is 0 Å². The van der Waals surface area contributed by atoms with Crippen LogP contribution in [0, 0.1) is 0 Å². The predicted octanol–water partition coefficient (Wildman–Crippen LogP) is 4.50. The average molecular weight is 408 g/mol. The molecule has 0 aliphatic rings. The number of methoxy groups -OCH3 is 1. The van der Waals surface area contributed by atoms with Gasteiger partial charge in [0.15, 0.2) is 0 Å². The fraction of sp³-hybridized carbons (Fsp3) is 0.222. The fourth-order valence-electron chi connectivity index (χ4n) is 1.93. The highest BCUT2D eigenvalue weighted by molar-refractivity contribution is 9.10. The van der Waals surface area contributed by atoms with Gasteiger partial charge in [-0.1, -0.05) is 28.1 Å². The molecular formula is C18H18BrNO3S. The first-order chi connectivity index (χ1) is 11.5. The molecule has 24 heavy (non-hydrogen) atoms. The Bertz CT molecular complexity index is 701. The van der Waals surface area contributed by atoms with Gasteiger partial charge in [0.25, 0.3) is 0 Å². The summed E-state index contributed by atoms with van der Waals surface area (Å²) in [4.78, 5) is 23.6. The zero-order valence-corrected chi connectivity index (χ0v) is 15.8. The van der Waals surface area contributed by atoms with Crippen LogP contribution in [0.1, 0.15) is 22.8 Å². The maximum absolute atomic E-state index is 12.2. The Hall–Kier alpha value is -1.79. The molecule has 2 aromatic rings. The second-order valence-electron chi connectivity index (χ2n) is 5.14. The quantitative estimate of drug-likeness (QED) is 0.716. The van der Waals surface area contributed by atoms with E-state index >= 15 is 0 Å². The van der Waals surface area contributed by atoms with E-state index in [4.69, 9.17) is 0 Å². The first-order valence-electron chi connectivity index (χ1n) is 7.35. The summed E-state index contributed by atoms with van der Waals surface area (Å²) in [6.45, 7) is 1.88. The van der Waals surface area contributed by atoms with Crippen LogP contribution in [0.5, 0.6) is 0 Å². The van der Waals surface area contributed by atoms with E-state index < -0.39 is 5.97 Å². The number of hydrogen-bond donors (Lipinski definition) is 1. The summed E-state index contributed by atoms with van der Waals surface area (Å²) in [5.74, 6) is 0.303. The third kappa shape index (κ3) is 5.39. The van der Waals surface area contributed by atoms with Crippen molar-refractivity contribution < 1.29 is 14.3 Å². The average Bonchev–Trinajstić information content (AvgIpc) is 2.60. The Morgan fingerprint density at radius 2 is 1.75 bits per heavy atom. The second-order valence-corrected chi connectivity index (χ2v) is 7.38. The second kappa shape index (κ2) is 8.89. The number of carbonyl (C=O) groups excluding carboxylic acids is 2. The van der Waals surface area contributed by atoms with Crippen molar-refractivity contribution in [1.82, 2.24) is 0 Å². The first-order valence-corrected chi connectivity index (χ1v) is 9.19. The molecule has 0 aliphatic carbocycles. The summed E-state index contributed by atoms with van der Waals surface area (Å²) in [7, 11) is 1.34. The minimum atomic E-state index is -0.397. The van der Waals surface area contributed by atoms with Crippen LogP contribution < -0.4 is 5.32 Å². The standard InChI is InChI=1S/C18H18BrNO3S/c1-12(24-11-13-3-7-15(19)8-4-13)17(21)20-16-9-5-14(6-10-16)18(22)23-2/h3-10,12H,11H2,1-2H3,(H,20,21)/t12-/m0/s1. The van der Waals surface area contributed by atoms with Gasteiger partial charge in [-0.2, -0.15) is 0 Å². The molecule has 2 rings (SSSR count). The van der Waals surface area contributed by atoms with Crippen molar-refractivity contribution in [3.05, 3.63) is 64.1 Å². The van der Waals surface area contributed by atoms with Crippen LogP contribution in [0.3, 0.4) is 0 Å². The van der Waals surface area contributed by atoms with Gasteiger partial charge in [-0.15, -0.1) is 11.8 Å². The maximum atomic E-state index is 12.2. The lowest BCUT2D eigenvalue weighted by Gasteiger charge is -2.12. The van der Waals surface area contributed by atoms with Crippen molar-refractivity contribution in [3.8, 4) is 0 Å². The summed E-state index contributed by atoms with van der Waals surface area (Å²) in [6.07, 6.45) is 0. The molecule has 0 aromatic heterocycles. The van der Waals surface area contributed by atoms with Gasteiger partial charge < -0.3 is 10.1 Å². The number of amides is 1. The molecule has 0 fully saturated rings. The van der Waals surface area contributed by atoms with E-state index in [0.29, 0.717) is 11.3 Å². The Morgan fingerprint density at radius 3 is 2.33 bits per heavy atom. The molecule has 1 amide bonds. The Kier molecular flexibility index (Phi) is 6.87. The molecule has 2 aromatic carbocycles. The fourth-order valence-corrected chi connectivity index (χ4v) is 3.04. The molecular weight excluding hydrogens is 390 g/mol. The molecule has 6 heteroatoms. The van der Waals surface area contributed by atoms with Gasteiger partial charge >= 0.3 is 5.97 Å². The van der Waals surface area contributed by atoms with Crippen LogP contribution in [0.25, 0.3) is 0 Å². The molecule has 0 saturated heterocycles. The first kappa shape index (κ1) is 18.5. The van der Waals surface area contributed by atoms with Crippen molar-refractivity contribution in [2.75, 3.05) is 12.4 Å². The molecule has 0 radical (unpaired) electrons. The highest BCUT2D eigenvalue weighted by atomic mass is 79.9. The van der Waals surface area contributed by atoms with Gasteiger partial charge in [-0.3, -0.25) is 4.79 Å². The molecule has 1 N–H and O–H groups in total. The molecule has 0 bridgehead atoms. The number of hydrogen-bond acceptors (Lipinski definition) is 4. The van der Waals surface area contributed by atoms with Gasteiger partial charge in [0.1, 0.15) is 0 Å². The zero-order chi connectivity index (χ0) is 17.5. The maximum Gasteiger partial charge on any atom is 0.337 e. The number of benzene rings is 2. The molecule has 1 atom stereocenters. The normalized spacial score (nSPS) is 11.6. The van der Waals surface area contributed by atoms with E-state index in [0.717, 1.165) is 10.2 Å². The number of rotatable bonds is 6. The molecule has 0 heterocycles. The van der Waals surface area contributed by atoms with E-state index in [-0.39, 0.29) is 11.2 Å². The number of esters is 1. The molecule has 0 unspecified atom stereocenters. The van der Waals surface area contributed by atoms with E-state index in [2.05, 4.69) is 26.0 Å². The highest BCUT2D eigenvalue weighted by Gasteiger charge is 2.14. The number of nitrogens with one attached hydrogen (secondary N) is 1. The number of anilines is 1. The monoisotopic (exact) mass is 407 g/mol. The van der Waals surface area contributed by atoms with Gasteiger partial charge in [-0.05, 0) is 48.9 Å². The van der Waals surface area contributed by atoms with E-state index in [9.17, 15) is 9.59 Å². The smallest absolute Gasteiger partial charge is 0.337 e. The Labute approximate surface area is 154 Å². The summed E-state index contributed by atoms with van der Waals surface area (Å²) in [5.41, 5.74) is 2.28. The number of thioether (sulfide) groups is 1. The lowest BCUT2D eigenvalue weighted by molar-refractivity contribution is -0.115. The molecule has 0 aliphatic heterocycles. The molecule has 0 spiro atoms. The summed E-state index contributed by atoms with van der Waals surface area (Å²) in [5, 5.41) is 2.67. The van der Waals surface area contributed by atoms with Crippen LogP contribution in [-0.2, 0) is 15.3 Å². The number of carbonyl (C=O) groups is 2. The van der Waals surface area contributed by atoms with E-state index in [1.165, 1.54) is 12.7 Å². The SMILES string of the molecule is COC(=O)c1ccc(NC(=O)[C@H](C)SCc2ccc(Br)cc2)cc1. The lowest BCUT2D eigenvalue weighted by atomic mass is 10.2. The number of ether oxygens (including phenoxy) is 1. The van der Waals surface area contributed by atoms with Crippen LogP contribution >= 0.6 is 27.7 Å². The van der Waals surface area contributed by atoms with Crippen molar-refractivity contribution >= 4 is 45.3 Å². The zero-order valence-electron chi connectivity index (χ0n) is 13.4. The summed E-state index contributed by atoms with van der Waals surface area (Å²) >= 11 is 4.98. The summed E-state index contributed by atoms with van der Waals surface area (Å²) in [6, 6.07) is 14.7. The van der Waals surface area contributed by atoms with E-state index in [1.54, 1.807) is 36.0 Å². The van der Waals surface area contributed by atoms with E-state index in [1.807, 2.05) is 31.2 Å². The highest BCUT2D eigenvalue weighted by Crippen LogP contribution is 2.21. The van der Waals surface area contributed by atoms with Crippen LogP contribution in [0.15, 0.2) is 53.0 Å². The third-order valence-electron chi connectivity index (χ3n) is 3.36. The summed E-state index contributed by atoms with van der Waals surface area (Å²) < 4.78 is 5.68.